The zero-order chi connectivity index (χ0) is 14.7. The van der Waals surface area contributed by atoms with E-state index >= 15 is 0 Å². The molecule has 0 saturated carbocycles. The summed E-state index contributed by atoms with van der Waals surface area (Å²) < 4.78 is 0.929. The molecule has 3 nitrogen and oxygen atoms in total. The summed E-state index contributed by atoms with van der Waals surface area (Å²) in [7, 11) is 0. The molecule has 0 saturated heterocycles. The number of halogens is 3. The Balaban J connectivity index is 2.39. The minimum absolute atomic E-state index is 0.482. The van der Waals surface area contributed by atoms with E-state index in [0.29, 0.717) is 28.1 Å². The Morgan fingerprint density at radius 1 is 1.20 bits per heavy atom. The summed E-state index contributed by atoms with van der Waals surface area (Å²) in [5.74, 6) is 1.17. The lowest BCUT2D eigenvalue weighted by Gasteiger charge is -2.10. The fourth-order valence-electron chi connectivity index (χ4n) is 1.91. The standard InChI is InChI=1S/C14H14Cl2IN3/c1-2-4-11-13(17)14(18)20-12(19-11)7-8-9(15)5-3-6-10(8)16/h3,5-6H,2,4,7H2,1H3,(H2,18,19,20). The molecular formula is C14H14Cl2IN3. The fourth-order valence-corrected chi connectivity index (χ4v) is 2.95. The predicted molar refractivity (Wildman–Crippen MR) is 92.4 cm³/mol. The van der Waals surface area contributed by atoms with Crippen LogP contribution in [-0.2, 0) is 12.8 Å². The van der Waals surface area contributed by atoms with Crippen LogP contribution in [0.3, 0.4) is 0 Å². The van der Waals surface area contributed by atoms with Crippen LogP contribution in [0.2, 0.25) is 10.0 Å². The second kappa shape index (κ2) is 6.91. The maximum atomic E-state index is 6.18. The molecule has 0 unspecified atom stereocenters. The molecule has 0 radical (unpaired) electrons. The Morgan fingerprint density at radius 2 is 1.85 bits per heavy atom. The zero-order valence-corrected chi connectivity index (χ0v) is 14.6. The topological polar surface area (TPSA) is 51.8 Å². The first kappa shape index (κ1) is 15.8. The van der Waals surface area contributed by atoms with E-state index in [2.05, 4.69) is 39.5 Å². The van der Waals surface area contributed by atoms with Crippen LogP contribution < -0.4 is 5.73 Å². The maximum absolute atomic E-state index is 6.18. The van der Waals surface area contributed by atoms with E-state index in [1.165, 1.54) is 0 Å². The molecule has 20 heavy (non-hydrogen) atoms. The van der Waals surface area contributed by atoms with Gasteiger partial charge in [0.25, 0.3) is 0 Å². The zero-order valence-electron chi connectivity index (χ0n) is 11.0. The first-order valence-electron chi connectivity index (χ1n) is 6.26. The first-order chi connectivity index (χ1) is 9.52. The average molecular weight is 422 g/mol. The van der Waals surface area contributed by atoms with Gasteiger partial charge in [-0.15, -0.1) is 0 Å². The van der Waals surface area contributed by atoms with Gasteiger partial charge in [-0.2, -0.15) is 0 Å². The molecule has 1 aromatic heterocycles. The third-order valence-electron chi connectivity index (χ3n) is 2.88. The van der Waals surface area contributed by atoms with Crippen molar-refractivity contribution in [2.45, 2.75) is 26.2 Å². The fraction of sp³-hybridized carbons (Fsp3) is 0.286. The molecular weight excluding hydrogens is 408 g/mol. The van der Waals surface area contributed by atoms with Crippen LogP contribution in [-0.4, -0.2) is 9.97 Å². The van der Waals surface area contributed by atoms with E-state index in [0.717, 1.165) is 27.7 Å². The Kier molecular flexibility index (Phi) is 5.46. The largest absolute Gasteiger partial charge is 0.383 e. The molecule has 6 heteroatoms. The van der Waals surface area contributed by atoms with Crippen molar-refractivity contribution in [1.29, 1.82) is 0 Å². The van der Waals surface area contributed by atoms with Crippen molar-refractivity contribution in [2.24, 2.45) is 0 Å². The highest BCUT2D eigenvalue weighted by molar-refractivity contribution is 14.1. The van der Waals surface area contributed by atoms with E-state index in [9.17, 15) is 0 Å². The molecule has 0 amide bonds. The maximum Gasteiger partial charge on any atom is 0.140 e. The molecule has 2 aromatic rings. The lowest BCUT2D eigenvalue weighted by Crippen LogP contribution is -2.08. The monoisotopic (exact) mass is 421 g/mol. The van der Waals surface area contributed by atoms with Crippen LogP contribution >= 0.6 is 45.8 Å². The van der Waals surface area contributed by atoms with Gasteiger partial charge >= 0.3 is 0 Å². The van der Waals surface area contributed by atoms with Crippen molar-refractivity contribution < 1.29 is 0 Å². The number of benzene rings is 1. The molecule has 0 spiro atoms. The van der Waals surface area contributed by atoms with Crippen LogP contribution in [0.1, 0.15) is 30.4 Å². The number of nitrogens with zero attached hydrogens (tertiary/aromatic N) is 2. The smallest absolute Gasteiger partial charge is 0.140 e. The van der Waals surface area contributed by atoms with Crippen LogP contribution in [0.15, 0.2) is 18.2 Å². The van der Waals surface area contributed by atoms with Gasteiger partial charge in [-0.1, -0.05) is 42.6 Å². The summed E-state index contributed by atoms with van der Waals surface area (Å²) in [4.78, 5) is 8.92. The van der Waals surface area contributed by atoms with Crippen molar-refractivity contribution in [3.8, 4) is 0 Å². The van der Waals surface area contributed by atoms with Crippen molar-refractivity contribution in [2.75, 3.05) is 5.73 Å². The predicted octanol–water partition coefficient (Wildman–Crippen LogP) is 4.51. The molecule has 1 heterocycles. The molecule has 0 aliphatic heterocycles. The highest BCUT2D eigenvalue weighted by Crippen LogP contribution is 2.27. The van der Waals surface area contributed by atoms with Gasteiger partial charge in [0, 0.05) is 16.5 Å². The van der Waals surface area contributed by atoms with Gasteiger partial charge in [0.15, 0.2) is 0 Å². The Bertz CT molecular complexity index is 612. The van der Waals surface area contributed by atoms with Crippen molar-refractivity contribution >= 4 is 51.6 Å². The average Bonchev–Trinajstić information content (AvgIpc) is 2.40. The summed E-state index contributed by atoms with van der Waals surface area (Å²) in [5, 5.41) is 1.24. The highest BCUT2D eigenvalue weighted by Gasteiger charge is 2.13. The van der Waals surface area contributed by atoms with E-state index in [4.69, 9.17) is 28.9 Å². The molecule has 2 N–H and O–H groups in total. The number of nitrogens with two attached hydrogens (primary N) is 1. The van der Waals surface area contributed by atoms with Crippen molar-refractivity contribution in [3.05, 3.63) is 48.9 Å². The molecule has 2 rings (SSSR count). The number of rotatable bonds is 4. The Labute approximate surface area is 142 Å². The molecule has 0 aliphatic rings. The van der Waals surface area contributed by atoms with E-state index in [1.54, 1.807) is 0 Å². The SMILES string of the molecule is CCCc1nc(Cc2c(Cl)cccc2Cl)nc(N)c1I. The van der Waals surface area contributed by atoms with Gasteiger partial charge < -0.3 is 5.73 Å². The Morgan fingerprint density at radius 3 is 2.45 bits per heavy atom. The van der Waals surface area contributed by atoms with Gasteiger partial charge in [0.2, 0.25) is 0 Å². The van der Waals surface area contributed by atoms with Crippen LogP contribution in [0.25, 0.3) is 0 Å². The van der Waals surface area contributed by atoms with Crippen LogP contribution in [0.5, 0.6) is 0 Å². The van der Waals surface area contributed by atoms with E-state index in [1.807, 2.05) is 18.2 Å². The molecule has 0 fully saturated rings. The van der Waals surface area contributed by atoms with Gasteiger partial charge in [0.1, 0.15) is 11.6 Å². The third kappa shape index (κ3) is 3.54. The lowest BCUT2D eigenvalue weighted by atomic mass is 10.1. The van der Waals surface area contributed by atoms with Crippen LogP contribution in [0.4, 0.5) is 5.82 Å². The quantitative estimate of drug-likeness (QED) is 0.738. The summed E-state index contributed by atoms with van der Waals surface area (Å²) in [6, 6.07) is 5.44. The van der Waals surface area contributed by atoms with Crippen LogP contribution in [0, 0.1) is 3.57 Å². The minimum atomic E-state index is 0.482. The first-order valence-corrected chi connectivity index (χ1v) is 8.10. The van der Waals surface area contributed by atoms with Crippen molar-refractivity contribution in [3.63, 3.8) is 0 Å². The van der Waals surface area contributed by atoms with Crippen molar-refractivity contribution in [1.82, 2.24) is 9.97 Å². The lowest BCUT2D eigenvalue weighted by molar-refractivity contribution is 0.836. The number of aromatic nitrogens is 2. The summed E-state index contributed by atoms with van der Waals surface area (Å²) >= 11 is 14.5. The van der Waals surface area contributed by atoms with Gasteiger partial charge in [0.05, 0.1) is 9.26 Å². The number of anilines is 1. The van der Waals surface area contributed by atoms with Gasteiger partial charge in [-0.25, -0.2) is 9.97 Å². The summed E-state index contributed by atoms with van der Waals surface area (Å²) in [5.41, 5.74) is 7.77. The van der Waals surface area contributed by atoms with Gasteiger partial charge in [-0.05, 0) is 46.7 Å². The number of aryl methyl sites for hydroxylation is 1. The Hall–Kier alpha value is -0.590. The van der Waals surface area contributed by atoms with E-state index < -0.39 is 0 Å². The molecule has 0 bridgehead atoms. The number of nitrogen functional groups attached to an aromatic ring is 1. The third-order valence-corrected chi connectivity index (χ3v) is 4.76. The van der Waals surface area contributed by atoms with Gasteiger partial charge in [-0.3, -0.25) is 0 Å². The number of hydrogen-bond donors (Lipinski definition) is 1. The number of hydrogen-bond acceptors (Lipinski definition) is 3. The normalized spacial score (nSPS) is 10.8. The molecule has 0 atom stereocenters. The van der Waals surface area contributed by atoms with E-state index in [-0.39, 0.29) is 0 Å². The highest BCUT2D eigenvalue weighted by atomic mass is 127. The minimum Gasteiger partial charge on any atom is -0.383 e. The summed E-state index contributed by atoms with van der Waals surface area (Å²) in [6.07, 6.45) is 2.38. The summed E-state index contributed by atoms with van der Waals surface area (Å²) in [6.45, 7) is 2.11. The second-order valence-corrected chi connectivity index (χ2v) is 6.31. The molecule has 106 valence electrons. The molecule has 0 aliphatic carbocycles. The second-order valence-electron chi connectivity index (χ2n) is 4.41. The molecule has 1 aromatic carbocycles.